The Morgan fingerprint density at radius 1 is 1.18 bits per heavy atom. The van der Waals surface area contributed by atoms with Crippen molar-refractivity contribution in [1.82, 2.24) is 24.6 Å². The summed E-state index contributed by atoms with van der Waals surface area (Å²) >= 11 is 12.3. The third kappa shape index (κ3) is 4.26. The summed E-state index contributed by atoms with van der Waals surface area (Å²) in [5, 5.41) is 14.9. The number of halogens is 3. The predicted molar refractivity (Wildman–Crippen MR) is 131 cm³/mol. The van der Waals surface area contributed by atoms with Crippen molar-refractivity contribution in [3.05, 3.63) is 70.0 Å². The number of carboxylic acid groups (broad SMARTS) is 1. The van der Waals surface area contributed by atoms with Crippen molar-refractivity contribution in [2.75, 3.05) is 13.1 Å². The van der Waals surface area contributed by atoms with Crippen LogP contribution in [0.1, 0.15) is 30.0 Å². The molecule has 1 saturated heterocycles. The number of nitrogens with one attached hydrogen (secondary N) is 1. The van der Waals surface area contributed by atoms with E-state index in [1.807, 2.05) is 29.2 Å². The van der Waals surface area contributed by atoms with Crippen LogP contribution in [0.2, 0.25) is 10.0 Å². The molecule has 4 aromatic rings. The normalized spacial score (nSPS) is 15.0. The Morgan fingerprint density at radius 3 is 2.74 bits per heavy atom. The van der Waals surface area contributed by atoms with Crippen LogP contribution in [0.4, 0.5) is 9.18 Å². The Balaban J connectivity index is 1.40. The van der Waals surface area contributed by atoms with Crippen molar-refractivity contribution in [2.45, 2.75) is 18.9 Å². The summed E-state index contributed by atoms with van der Waals surface area (Å²) in [5.41, 5.74) is 3.81. The van der Waals surface area contributed by atoms with Crippen LogP contribution in [-0.2, 0) is 0 Å². The second-order valence-corrected chi connectivity index (χ2v) is 8.95. The molecule has 7 nitrogen and oxygen atoms in total. The molecule has 1 aliphatic heterocycles. The van der Waals surface area contributed by atoms with Crippen molar-refractivity contribution in [2.24, 2.45) is 0 Å². The molecule has 5 rings (SSSR count). The van der Waals surface area contributed by atoms with Crippen molar-refractivity contribution in [1.29, 1.82) is 0 Å². The van der Waals surface area contributed by atoms with Gasteiger partial charge in [0.15, 0.2) is 0 Å². The second-order valence-electron chi connectivity index (χ2n) is 8.16. The van der Waals surface area contributed by atoms with Gasteiger partial charge in [-0.25, -0.2) is 14.2 Å². The fraction of sp³-hybridized carbons (Fsp3) is 0.208. The highest BCUT2D eigenvalue weighted by atomic mass is 35.5. The molecule has 1 aliphatic rings. The maximum Gasteiger partial charge on any atom is 0.407 e. The van der Waals surface area contributed by atoms with Crippen LogP contribution >= 0.6 is 23.2 Å². The van der Waals surface area contributed by atoms with E-state index < -0.39 is 11.9 Å². The van der Waals surface area contributed by atoms with E-state index in [9.17, 15) is 9.18 Å². The molecule has 1 amide bonds. The van der Waals surface area contributed by atoms with Crippen LogP contribution in [0.15, 0.2) is 43.0 Å². The zero-order valence-electron chi connectivity index (χ0n) is 17.9. The molecule has 0 saturated carbocycles. The van der Waals surface area contributed by atoms with Gasteiger partial charge in [0.25, 0.3) is 0 Å². The molecular formula is C24H20Cl2FN5O2. The molecule has 0 radical (unpaired) electrons. The van der Waals surface area contributed by atoms with E-state index in [0.717, 1.165) is 34.9 Å². The predicted octanol–water partition coefficient (Wildman–Crippen LogP) is 6.36. The first-order chi connectivity index (χ1) is 16.4. The number of fused-ring (bicyclic) bond motifs is 1. The molecule has 1 aromatic carbocycles. The number of hydrogen-bond acceptors (Lipinski definition) is 3. The molecular weight excluding hydrogens is 480 g/mol. The standard InChI is InChI=1S/C24H20Cl2FN5O2/c25-20-3-4-21(27)22(26)18(20)2-1-14-10-28-23-19(14)9-15(11-29-23)16-12-30-32(13-16)17-5-7-31(8-6-17)24(33)34/h1-4,9-13,17H,5-8H2,(H,28,29)(H,33,34). The van der Waals surface area contributed by atoms with E-state index in [-0.39, 0.29) is 11.1 Å². The van der Waals surface area contributed by atoms with Crippen LogP contribution in [0.5, 0.6) is 0 Å². The average Bonchev–Trinajstić information content (AvgIpc) is 3.49. The van der Waals surface area contributed by atoms with E-state index in [1.54, 1.807) is 18.5 Å². The summed E-state index contributed by atoms with van der Waals surface area (Å²) in [6.07, 6.45) is 11.4. The van der Waals surface area contributed by atoms with Crippen molar-refractivity contribution in [3.8, 4) is 11.1 Å². The zero-order valence-corrected chi connectivity index (χ0v) is 19.4. The van der Waals surface area contributed by atoms with Crippen LogP contribution in [0, 0.1) is 5.82 Å². The molecule has 4 heterocycles. The molecule has 174 valence electrons. The molecule has 3 aromatic heterocycles. The van der Waals surface area contributed by atoms with Gasteiger partial charge in [-0.1, -0.05) is 35.4 Å². The van der Waals surface area contributed by atoms with Gasteiger partial charge in [0.05, 0.1) is 17.3 Å². The number of likely N-dealkylation sites (tertiary alicyclic amines) is 1. The van der Waals surface area contributed by atoms with Gasteiger partial charge in [0.1, 0.15) is 11.5 Å². The van der Waals surface area contributed by atoms with E-state index >= 15 is 0 Å². The van der Waals surface area contributed by atoms with Gasteiger partial charge in [-0.15, -0.1) is 0 Å². The summed E-state index contributed by atoms with van der Waals surface area (Å²) in [4.78, 5) is 20.2. The summed E-state index contributed by atoms with van der Waals surface area (Å²) in [7, 11) is 0. The fourth-order valence-corrected chi connectivity index (χ4v) is 4.69. The van der Waals surface area contributed by atoms with Crippen LogP contribution < -0.4 is 0 Å². The third-order valence-electron chi connectivity index (χ3n) is 6.12. The number of aromatic amines is 1. The quantitative estimate of drug-likeness (QED) is 0.320. The molecule has 0 spiro atoms. The minimum absolute atomic E-state index is 0.0241. The molecule has 10 heteroatoms. The maximum atomic E-state index is 13.8. The number of piperidine rings is 1. The number of pyridine rings is 1. The van der Waals surface area contributed by atoms with Crippen LogP contribution in [0.25, 0.3) is 34.3 Å². The number of aromatic nitrogens is 4. The minimum atomic E-state index is -0.878. The van der Waals surface area contributed by atoms with Gasteiger partial charge < -0.3 is 15.0 Å². The molecule has 1 fully saturated rings. The molecule has 0 bridgehead atoms. The molecule has 34 heavy (non-hydrogen) atoms. The number of rotatable bonds is 4. The zero-order chi connectivity index (χ0) is 23.8. The lowest BCUT2D eigenvalue weighted by atomic mass is 10.1. The highest BCUT2D eigenvalue weighted by molar-refractivity contribution is 6.37. The number of amides is 1. The van der Waals surface area contributed by atoms with Crippen molar-refractivity contribution >= 4 is 52.5 Å². The Hall–Kier alpha value is -3.36. The van der Waals surface area contributed by atoms with Gasteiger partial charge >= 0.3 is 6.09 Å². The van der Waals surface area contributed by atoms with Crippen LogP contribution in [-0.4, -0.2) is 48.9 Å². The van der Waals surface area contributed by atoms with Gasteiger partial charge in [0.2, 0.25) is 0 Å². The molecule has 0 aliphatic carbocycles. The molecule has 0 unspecified atom stereocenters. The number of hydrogen-bond donors (Lipinski definition) is 2. The Kier molecular flexibility index (Phi) is 6.02. The first-order valence-electron chi connectivity index (χ1n) is 10.7. The highest BCUT2D eigenvalue weighted by Crippen LogP contribution is 2.31. The monoisotopic (exact) mass is 499 g/mol. The van der Waals surface area contributed by atoms with E-state index in [1.165, 1.54) is 17.0 Å². The number of H-pyrrole nitrogens is 1. The Labute approximate surface area is 204 Å². The van der Waals surface area contributed by atoms with Gasteiger partial charge in [0, 0.05) is 64.3 Å². The lowest BCUT2D eigenvalue weighted by Crippen LogP contribution is -2.38. The smallest absolute Gasteiger partial charge is 0.407 e. The Bertz CT molecular complexity index is 1410. The summed E-state index contributed by atoms with van der Waals surface area (Å²) in [5.74, 6) is -0.528. The fourth-order valence-electron chi connectivity index (χ4n) is 4.20. The van der Waals surface area contributed by atoms with E-state index in [0.29, 0.717) is 29.3 Å². The summed E-state index contributed by atoms with van der Waals surface area (Å²) < 4.78 is 15.7. The maximum absolute atomic E-state index is 13.8. The largest absolute Gasteiger partial charge is 0.465 e. The molecule has 0 atom stereocenters. The van der Waals surface area contributed by atoms with Crippen LogP contribution in [0.3, 0.4) is 0 Å². The number of benzene rings is 1. The lowest BCUT2D eigenvalue weighted by molar-refractivity contribution is 0.124. The van der Waals surface area contributed by atoms with Crippen molar-refractivity contribution in [3.63, 3.8) is 0 Å². The number of nitrogens with zero attached hydrogens (tertiary/aromatic N) is 4. The Morgan fingerprint density at radius 2 is 1.97 bits per heavy atom. The van der Waals surface area contributed by atoms with Gasteiger partial charge in [-0.3, -0.25) is 4.68 Å². The number of carbonyl (C=O) groups is 1. The average molecular weight is 500 g/mol. The van der Waals surface area contributed by atoms with Gasteiger partial charge in [-0.2, -0.15) is 5.10 Å². The lowest BCUT2D eigenvalue weighted by Gasteiger charge is -2.30. The summed E-state index contributed by atoms with van der Waals surface area (Å²) in [6, 6.07) is 4.88. The van der Waals surface area contributed by atoms with E-state index in [2.05, 4.69) is 15.1 Å². The second kappa shape index (κ2) is 9.12. The third-order valence-corrected chi connectivity index (χ3v) is 6.83. The summed E-state index contributed by atoms with van der Waals surface area (Å²) in [6.45, 7) is 1.00. The first kappa shape index (κ1) is 22.4. The van der Waals surface area contributed by atoms with E-state index in [4.69, 9.17) is 28.3 Å². The molecule has 2 N–H and O–H groups in total. The minimum Gasteiger partial charge on any atom is -0.465 e. The highest BCUT2D eigenvalue weighted by Gasteiger charge is 2.24. The van der Waals surface area contributed by atoms with Gasteiger partial charge in [-0.05, 0) is 31.0 Å². The first-order valence-corrected chi connectivity index (χ1v) is 11.5. The SMILES string of the molecule is O=C(O)N1CCC(n2cc(-c3cnc4[nH]cc(C=Cc5c(Cl)ccc(F)c5Cl)c4c3)cn2)CC1. The van der Waals surface area contributed by atoms with Crippen molar-refractivity contribution < 1.29 is 14.3 Å². The topological polar surface area (TPSA) is 87.0 Å².